The molecular formula is C11H15Cl2N3O3S. The van der Waals surface area contributed by atoms with Gasteiger partial charge in [0.15, 0.2) is 0 Å². The lowest BCUT2D eigenvalue weighted by Crippen LogP contribution is -2.39. The summed E-state index contributed by atoms with van der Waals surface area (Å²) < 4.78 is 25.9. The summed E-state index contributed by atoms with van der Waals surface area (Å²) in [4.78, 5) is 11.1. The van der Waals surface area contributed by atoms with E-state index in [-0.39, 0.29) is 20.6 Å². The van der Waals surface area contributed by atoms with Crippen molar-refractivity contribution in [3.05, 3.63) is 22.2 Å². The van der Waals surface area contributed by atoms with Gasteiger partial charge in [0.2, 0.25) is 0 Å². The highest BCUT2D eigenvalue weighted by Crippen LogP contribution is 2.31. The van der Waals surface area contributed by atoms with Gasteiger partial charge < -0.3 is 11.1 Å². The van der Waals surface area contributed by atoms with Crippen molar-refractivity contribution in [1.82, 2.24) is 10.0 Å². The number of sulfonamides is 1. The minimum absolute atomic E-state index is 0.149. The fourth-order valence-electron chi connectivity index (χ4n) is 1.42. The van der Waals surface area contributed by atoms with E-state index in [1.165, 1.54) is 12.1 Å². The molecule has 0 aliphatic rings. The Morgan fingerprint density at radius 2 is 1.85 bits per heavy atom. The number of carbonyl (C=O) groups is 1. The molecule has 9 heteroatoms. The van der Waals surface area contributed by atoms with E-state index in [2.05, 4.69) is 5.32 Å². The predicted octanol–water partition coefficient (Wildman–Crippen LogP) is 2.36. The first kappa shape index (κ1) is 16.9. The number of rotatable bonds is 5. The first-order valence-electron chi connectivity index (χ1n) is 5.83. The van der Waals surface area contributed by atoms with Crippen molar-refractivity contribution in [3.8, 4) is 0 Å². The van der Waals surface area contributed by atoms with Gasteiger partial charge in [0, 0.05) is 12.2 Å². The first-order valence-corrected chi connectivity index (χ1v) is 8.07. The summed E-state index contributed by atoms with van der Waals surface area (Å²) in [6, 6.07) is 1.66. The van der Waals surface area contributed by atoms with Crippen molar-refractivity contribution < 1.29 is 13.2 Å². The Hall–Kier alpha value is -1.18. The summed E-state index contributed by atoms with van der Waals surface area (Å²) in [5, 5.41) is 2.12. The lowest BCUT2D eigenvalue weighted by Gasteiger charge is -2.11. The fourth-order valence-corrected chi connectivity index (χ4v) is 3.59. The highest BCUT2D eigenvalue weighted by atomic mass is 35.5. The molecular weight excluding hydrogens is 325 g/mol. The summed E-state index contributed by atoms with van der Waals surface area (Å²) in [6.45, 7) is 2.32. The van der Waals surface area contributed by atoms with Gasteiger partial charge in [-0.15, -0.1) is 0 Å². The summed E-state index contributed by atoms with van der Waals surface area (Å²) in [6.07, 6.45) is 1.62. The smallest absolute Gasteiger partial charge is 0.328 e. The SMILES string of the molecule is CCCCNC(=O)NS(=O)(=O)c1c(Cl)cc(N)cc1Cl. The third-order valence-corrected chi connectivity index (χ3v) is 4.58. The van der Waals surface area contributed by atoms with Crippen LogP contribution in [-0.2, 0) is 10.0 Å². The molecule has 0 fully saturated rings. The fraction of sp³-hybridized carbons (Fsp3) is 0.364. The average Bonchev–Trinajstić information content (AvgIpc) is 2.26. The van der Waals surface area contributed by atoms with Crippen LogP contribution in [0.4, 0.5) is 10.5 Å². The van der Waals surface area contributed by atoms with Crippen molar-refractivity contribution >= 4 is 44.9 Å². The van der Waals surface area contributed by atoms with Gasteiger partial charge in [0.25, 0.3) is 10.0 Å². The van der Waals surface area contributed by atoms with Gasteiger partial charge in [-0.05, 0) is 18.6 Å². The quantitative estimate of drug-likeness (QED) is 0.566. The first-order chi connectivity index (χ1) is 9.27. The maximum Gasteiger partial charge on any atom is 0.328 e. The standard InChI is InChI=1S/C11H15Cl2N3O3S/c1-2-3-4-15-11(17)16-20(18,19)10-8(12)5-7(14)6-9(10)13/h5-6H,2-4,14H2,1H3,(H2,15,16,17). The van der Waals surface area contributed by atoms with Crippen LogP contribution in [0.3, 0.4) is 0 Å². The van der Waals surface area contributed by atoms with Crippen LogP contribution in [0.1, 0.15) is 19.8 Å². The van der Waals surface area contributed by atoms with Gasteiger partial charge in [-0.25, -0.2) is 17.9 Å². The maximum absolute atomic E-state index is 12.0. The number of hydrogen-bond acceptors (Lipinski definition) is 4. The molecule has 1 aromatic carbocycles. The van der Waals surface area contributed by atoms with Gasteiger partial charge >= 0.3 is 6.03 Å². The molecule has 6 nitrogen and oxygen atoms in total. The van der Waals surface area contributed by atoms with Crippen LogP contribution in [0.15, 0.2) is 17.0 Å². The summed E-state index contributed by atoms with van der Waals surface area (Å²) in [5.74, 6) is 0. The molecule has 0 atom stereocenters. The van der Waals surface area contributed by atoms with Gasteiger partial charge in [-0.1, -0.05) is 36.5 Å². The van der Waals surface area contributed by atoms with E-state index in [0.29, 0.717) is 6.54 Å². The summed E-state index contributed by atoms with van der Waals surface area (Å²) in [7, 11) is -4.16. The largest absolute Gasteiger partial charge is 0.399 e. The van der Waals surface area contributed by atoms with Crippen LogP contribution >= 0.6 is 23.2 Å². The van der Waals surface area contributed by atoms with Crippen molar-refractivity contribution in [2.75, 3.05) is 12.3 Å². The molecule has 112 valence electrons. The number of nitrogens with one attached hydrogen (secondary N) is 2. The summed E-state index contributed by atoms with van der Waals surface area (Å²) in [5.41, 5.74) is 5.72. The molecule has 0 saturated carbocycles. The average molecular weight is 340 g/mol. The molecule has 0 spiro atoms. The molecule has 1 rings (SSSR count). The highest BCUT2D eigenvalue weighted by molar-refractivity contribution is 7.90. The Balaban J connectivity index is 2.92. The Labute approximate surface area is 127 Å². The summed E-state index contributed by atoms with van der Waals surface area (Å²) >= 11 is 11.6. The number of unbranched alkanes of at least 4 members (excludes halogenated alkanes) is 1. The van der Waals surface area contributed by atoms with E-state index in [4.69, 9.17) is 28.9 Å². The number of hydrogen-bond donors (Lipinski definition) is 3. The number of benzene rings is 1. The Morgan fingerprint density at radius 1 is 1.30 bits per heavy atom. The molecule has 0 aliphatic heterocycles. The second-order valence-electron chi connectivity index (χ2n) is 4.03. The number of amides is 2. The topological polar surface area (TPSA) is 101 Å². The predicted molar refractivity (Wildman–Crippen MR) is 79.5 cm³/mol. The molecule has 0 heterocycles. The second-order valence-corrected chi connectivity index (χ2v) is 6.46. The van der Waals surface area contributed by atoms with Crippen molar-refractivity contribution in [1.29, 1.82) is 0 Å². The van der Waals surface area contributed by atoms with Gasteiger partial charge in [0.1, 0.15) is 4.90 Å². The Kier molecular flexibility index (Phi) is 5.91. The molecule has 20 heavy (non-hydrogen) atoms. The van der Waals surface area contributed by atoms with Crippen molar-refractivity contribution in [2.45, 2.75) is 24.7 Å². The van der Waals surface area contributed by atoms with Crippen LogP contribution < -0.4 is 15.8 Å². The molecule has 2 amide bonds. The molecule has 0 aromatic heterocycles. The minimum Gasteiger partial charge on any atom is -0.399 e. The number of carbonyl (C=O) groups excluding carboxylic acids is 1. The van der Waals surface area contributed by atoms with Crippen LogP contribution in [0.5, 0.6) is 0 Å². The molecule has 1 aromatic rings. The van der Waals surface area contributed by atoms with Crippen molar-refractivity contribution in [2.24, 2.45) is 0 Å². The van der Waals surface area contributed by atoms with Crippen molar-refractivity contribution in [3.63, 3.8) is 0 Å². The van der Waals surface area contributed by atoms with E-state index in [9.17, 15) is 13.2 Å². The molecule has 0 radical (unpaired) electrons. The number of anilines is 1. The molecule has 0 saturated heterocycles. The Bertz CT molecular complexity index is 582. The zero-order valence-electron chi connectivity index (χ0n) is 10.7. The zero-order valence-corrected chi connectivity index (χ0v) is 13.1. The van der Waals surface area contributed by atoms with E-state index < -0.39 is 16.1 Å². The second kappa shape index (κ2) is 7.01. The molecule has 0 aliphatic carbocycles. The lowest BCUT2D eigenvalue weighted by atomic mass is 10.3. The van der Waals surface area contributed by atoms with E-state index in [0.717, 1.165) is 12.8 Å². The molecule has 0 unspecified atom stereocenters. The van der Waals surface area contributed by atoms with E-state index >= 15 is 0 Å². The molecule has 0 bridgehead atoms. The monoisotopic (exact) mass is 339 g/mol. The Morgan fingerprint density at radius 3 is 2.35 bits per heavy atom. The van der Waals surface area contributed by atoms with Crippen LogP contribution in [0.2, 0.25) is 10.0 Å². The highest BCUT2D eigenvalue weighted by Gasteiger charge is 2.24. The maximum atomic E-state index is 12.0. The zero-order chi connectivity index (χ0) is 15.3. The van der Waals surface area contributed by atoms with E-state index in [1.54, 1.807) is 0 Å². The normalized spacial score (nSPS) is 11.2. The van der Waals surface area contributed by atoms with Gasteiger partial charge in [-0.2, -0.15) is 0 Å². The number of nitrogens with two attached hydrogens (primary N) is 1. The number of halogens is 2. The van der Waals surface area contributed by atoms with E-state index in [1.807, 2.05) is 11.6 Å². The molecule has 4 N–H and O–H groups in total. The third kappa shape index (κ3) is 4.43. The van der Waals surface area contributed by atoms with Gasteiger partial charge in [0.05, 0.1) is 10.0 Å². The number of nitrogen functional groups attached to an aromatic ring is 1. The van der Waals surface area contributed by atoms with Gasteiger partial charge in [-0.3, -0.25) is 0 Å². The van der Waals surface area contributed by atoms with Crippen LogP contribution in [0.25, 0.3) is 0 Å². The minimum atomic E-state index is -4.16. The van der Waals surface area contributed by atoms with Crippen LogP contribution in [0, 0.1) is 0 Å². The van der Waals surface area contributed by atoms with Crippen LogP contribution in [-0.4, -0.2) is 21.0 Å². The third-order valence-electron chi connectivity index (χ3n) is 2.33. The number of urea groups is 1. The lowest BCUT2D eigenvalue weighted by molar-refractivity contribution is 0.245.